The van der Waals surface area contributed by atoms with Crippen LogP contribution in [0.1, 0.15) is 58.2 Å². The highest BCUT2D eigenvalue weighted by Gasteiger charge is 2.25. The number of benzene rings is 2. The molecule has 2 N–H and O–H groups in total. The van der Waals surface area contributed by atoms with Crippen LogP contribution in [-0.2, 0) is 10.8 Å². The van der Waals surface area contributed by atoms with Crippen LogP contribution in [-0.4, -0.2) is 5.11 Å². The highest BCUT2D eigenvalue weighted by atomic mass is 16.3. The molecule has 0 saturated carbocycles. The normalized spacial score (nSPS) is 12.3. The van der Waals surface area contributed by atoms with Gasteiger partial charge >= 0.3 is 0 Å². The summed E-state index contributed by atoms with van der Waals surface area (Å²) in [5, 5.41) is 14.2. The van der Waals surface area contributed by atoms with E-state index in [4.69, 9.17) is 0 Å². The Hall–Kier alpha value is -1.96. The highest BCUT2D eigenvalue weighted by Crippen LogP contribution is 2.41. The summed E-state index contributed by atoms with van der Waals surface area (Å²) < 4.78 is 0. The predicted octanol–water partition coefficient (Wildman–Crippen LogP) is 6.04. The molecular weight excluding hydrogens is 282 g/mol. The van der Waals surface area contributed by atoms with Gasteiger partial charge in [-0.25, -0.2) is 0 Å². The Morgan fingerprint density at radius 1 is 0.826 bits per heavy atom. The maximum atomic E-state index is 10.8. The van der Waals surface area contributed by atoms with Crippen molar-refractivity contribution in [3.8, 4) is 5.75 Å². The number of aryl methyl sites for hydroxylation is 1. The Kier molecular flexibility index (Phi) is 4.48. The SMILES string of the molecule is Cc1ccccc1Nc1cc(C(C)(C)C)cc(C(C)(C)C)c1O. The van der Waals surface area contributed by atoms with Gasteiger partial charge in [0.1, 0.15) is 5.75 Å². The molecule has 0 fully saturated rings. The van der Waals surface area contributed by atoms with Gasteiger partial charge in [-0.3, -0.25) is 0 Å². The van der Waals surface area contributed by atoms with Crippen LogP contribution >= 0.6 is 0 Å². The van der Waals surface area contributed by atoms with Crippen molar-refractivity contribution in [3.05, 3.63) is 53.1 Å². The molecule has 0 atom stereocenters. The molecule has 124 valence electrons. The van der Waals surface area contributed by atoms with Crippen molar-refractivity contribution in [2.75, 3.05) is 5.32 Å². The molecule has 0 spiro atoms. The quantitative estimate of drug-likeness (QED) is 0.663. The van der Waals surface area contributed by atoms with E-state index in [9.17, 15) is 5.11 Å². The van der Waals surface area contributed by atoms with Gasteiger partial charge < -0.3 is 10.4 Å². The number of hydrogen-bond acceptors (Lipinski definition) is 2. The van der Waals surface area contributed by atoms with Crippen molar-refractivity contribution in [3.63, 3.8) is 0 Å². The molecule has 0 aliphatic heterocycles. The van der Waals surface area contributed by atoms with Crippen LogP contribution in [0, 0.1) is 6.92 Å². The Bertz CT molecular complexity index is 703. The fraction of sp³-hybridized carbons (Fsp3) is 0.429. The van der Waals surface area contributed by atoms with E-state index in [1.807, 2.05) is 18.2 Å². The fourth-order valence-electron chi connectivity index (χ4n) is 2.59. The Balaban J connectivity index is 2.60. The van der Waals surface area contributed by atoms with Gasteiger partial charge in [0.25, 0.3) is 0 Å². The third-order valence-corrected chi connectivity index (χ3v) is 4.20. The zero-order valence-electron chi connectivity index (χ0n) is 15.4. The molecule has 0 amide bonds. The first-order valence-corrected chi connectivity index (χ1v) is 8.21. The van der Waals surface area contributed by atoms with Gasteiger partial charge in [-0.05, 0) is 41.0 Å². The van der Waals surface area contributed by atoms with Gasteiger partial charge in [0, 0.05) is 11.3 Å². The second kappa shape index (κ2) is 5.92. The third-order valence-electron chi connectivity index (χ3n) is 4.20. The topological polar surface area (TPSA) is 32.3 Å². The van der Waals surface area contributed by atoms with Gasteiger partial charge in [-0.2, -0.15) is 0 Å². The molecule has 0 aromatic heterocycles. The number of aromatic hydroxyl groups is 1. The number of rotatable bonds is 2. The lowest BCUT2D eigenvalue weighted by atomic mass is 9.79. The molecule has 0 aliphatic carbocycles. The molecule has 0 saturated heterocycles. The van der Waals surface area contributed by atoms with Crippen molar-refractivity contribution in [2.45, 2.75) is 59.3 Å². The van der Waals surface area contributed by atoms with Gasteiger partial charge in [0.15, 0.2) is 0 Å². The molecule has 2 aromatic carbocycles. The summed E-state index contributed by atoms with van der Waals surface area (Å²) in [5.41, 5.74) is 5.05. The van der Waals surface area contributed by atoms with Gasteiger partial charge in [0.2, 0.25) is 0 Å². The van der Waals surface area contributed by atoms with Crippen molar-refractivity contribution < 1.29 is 5.11 Å². The van der Waals surface area contributed by atoms with Crippen LogP contribution in [0.25, 0.3) is 0 Å². The molecule has 2 heteroatoms. The molecule has 2 aromatic rings. The van der Waals surface area contributed by atoms with Crippen LogP contribution in [0.15, 0.2) is 36.4 Å². The Morgan fingerprint density at radius 2 is 1.43 bits per heavy atom. The second-order valence-corrected chi connectivity index (χ2v) is 8.36. The first-order valence-electron chi connectivity index (χ1n) is 8.21. The molecular formula is C21H29NO. The van der Waals surface area contributed by atoms with Crippen molar-refractivity contribution in [1.82, 2.24) is 0 Å². The van der Waals surface area contributed by atoms with Crippen LogP contribution in [0.3, 0.4) is 0 Å². The molecule has 23 heavy (non-hydrogen) atoms. The number of hydrogen-bond donors (Lipinski definition) is 2. The molecule has 0 heterocycles. The van der Waals surface area contributed by atoms with E-state index in [1.165, 1.54) is 5.56 Å². The lowest BCUT2D eigenvalue weighted by Gasteiger charge is -2.28. The van der Waals surface area contributed by atoms with Crippen LogP contribution in [0.2, 0.25) is 0 Å². The largest absolute Gasteiger partial charge is 0.505 e. The first-order chi connectivity index (χ1) is 10.5. The zero-order valence-corrected chi connectivity index (χ0v) is 15.4. The summed E-state index contributed by atoms with van der Waals surface area (Å²) in [6.07, 6.45) is 0. The van der Waals surface area contributed by atoms with E-state index in [0.29, 0.717) is 5.75 Å². The number of phenols is 1. The molecule has 2 nitrogen and oxygen atoms in total. The molecule has 2 rings (SSSR count). The van der Waals surface area contributed by atoms with E-state index in [-0.39, 0.29) is 10.8 Å². The summed E-state index contributed by atoms with van der Waals surface area (Å²) in [5.74, 6) is 0.341. The molecule has 0 bridgehead atoms. The summed E-state index contributed by atoms with van der Waals surface area (Å²) in [4.78, 5) is 0. The third kappa shape index (κ3) is 3.87. The van der Waals surface area contributed by atoms with Crippen molar-refractivity contribution >= 4 is 11.4 Å². The minimum Gasteiger partial charge on any atom is -0.505 e. The predicted molar refractivity (Wildman–Crippen MR) is 100.0 cm³/mol. The van der Waals surface area contributed by atoms with Gasteiger partial charge in [-0.15, -0.1) is 0 Å². The highest BCUT2D eigenvalue weighted by molar-refractivity contribution is 5.71. The van der Waals surface area contributed by atoms with E-state index >= 15 is 0 Å². The fourth-order valence-corrected chi connectivity index (χ4v) is 2.59. The van der Waals surface area contributed by atoms with Gasteiger partial charge in [-0.1, -0.05) is 65.8 Å². The average molecular weight is 311 g/mol. The standard InChI is InChI=1S/C21H29NO/c1-14-10-8-9-11-17(14)22-18-13-15(20(2,3)4)12-16(19(18)23)21(5,6)7/h8-13,22-23H,1-7H3. The first kappa shape index (κ1) is 17.4. The minimum absolute atomic E-state index is 0.0237. The average Bonchev–Trinajstić information content (AvgIpc) is 2.40. The molecule has 0 unspecified atom stereocenters. The molecule has 0 aliphatic rings. The minimum atomic E-state index is -0.118. The maximum absolute atomic E-state index is 10.8. The molecule has 0 radical (unpaired) electrons. The summed E-state index contributed by atoms with van der Waals surface area (Å²) in [6.45, 7) is 15.1. The van der Waals surface area contributed by atoms with Crippen LogP contribution in [0.5, 0.6) is 5.75 Å². The number of phenolic OH excluding ortho intramolecular Hbond substituents is 1. The monoisotopic (exact) mass is 311 g/mol. The summed E-state index contributed by atoms with van der Waals surface area (Å²) in [7, 11) is 0. The van der Waals surface area contributed by atoms with E-state index in [1.54, 1.807) is 0 Å². The number of para-hydroxylation sites is 1. The number of nitrogens with one attached hydrogen (secondary N) is 1. The smallest absolute Gasteiger partial charge is 0.142 e. The van der Waals surface area contributed by atoms with Crippen LogP contribution in [0.4, 0.5) is 11.4 Å². The van der Waals surface area contributed by atoms with E-state index in [2.05, 4.69) is 72.0 Å². The lowest BCUT2D eigenvalue weighted by molar-refractivity contribution is 0.447. The maximum Gasteiger partial charge on any atom is 0.142 e. The Labute approximate surface area is 140 Å². The summed E-state index contributed by atoms with van der Waals surface area (Å²) >= 11 is 0. The summed E-state index contributed by atoms with van der Waals surface area (Å²) in [6, 6.07) is 12.3. The lowest BCUT2D eigenvalue weighted by Crippen LogP contribution is -2.17. The van der Waals surface area contributed by atoms with Gasteiger partial charge in [0.05, 0.1) is 5.69 Å². The van der Waals surface area contributed by atoms with Crippen molar-refractivity contribution in [2.24, 2.45) is 0 Å². The van der Waals surface area contributed by atoms with E-state index in [0.717, 1.165) is 22.5 Å². The van der Waals surface area contributed by atoms with Crippen molar-refractivity contribution in [1.29, 1.82) is 0 Å². The Morgan fingerprint density at radius 3 is 1.96 bits per heavy atom. The zero-order chi connectivity index (χ0) is 17.4. The number of anilines is 2. The van der Waals surface area contributed by atoms with E-state index < -0.39 is 0 Å². The second-order valence-electron chi connectivity index (χ2n) is 8.36. The van der Waals surface area contributed by atoms with Crippen LogP contribution < -0.4 is 5.32 Å².